The molecule has 1 rings (SSSR count). The SMILES string of the molecule is C=COC1CCN(CC(F)(F)F)CC1. The average Bonchev–Trinajstić information content (AvgIpc) is 2.06. The first-order valence-electron chi connectivity index (χ1n) is 4.57. The minimum Gasteiger partial charge on any atom is -0.499 e. The van der Waals surface area contributed by atoms with Crippen molar-refractivity contribution in [2.75, 3.05) is 19.6 Å². The molecule has 0 atom stereocenters. The molecular formula is C9H14F3NO. The molecule has 14 heavy (non-hydrogen) atoms. The number of piperidine rings is 1. The van der Waals surface area contributed by atoms with Crippen molar-refractivity contribution in [3.63, 3.8) is 0 Å². The van der Waals surface area contributed by atoms with Crippen LogP contribution < -0.4 is 0 Å². The molecule has 0 radical (unpaired) electrons. The van der Waals surface area contributed by atoms with Gasteiger partial charge in [-0.05, 0) is 12.8 Å². The van der Waals surface area contributed by atoms with Crippen LogP contribution in [0.15, 0.2) is 12.8 Å². The van der Waals surface area contributed by atoms with Crippen LogP contribution in [0.25, 0.3) is 0 Å². The fraction of sp³-hybridized carbons (Fsp3) is 0.778. The Bertz CT molecular complexity index is 185. The number of likely N-dealkylation sites (tertiary alicyclic amines) is 1. The zero-order valence-electron chi connectivity index (χ0n) is 7.89. The smallest absolute Gasteiger partial charge is 0.401 e. The number of ether oxygens (including phenoxy) is 1. The topological polar surface area (TPSA) is 12.5 Å². The van der Waals surface area contributed by atoms with Crippen LogP contribution in [0.4, 0.5) is 13.2 Å². The predicted octanol–water partition coefficient (Wildman–Crippen LogP) is 2.17. The van der Waals surface area contributed by atoms with E-state index in [9.17, 15) is 13.2 Å². The highest BCUT2D eigenvalue weighted by molar-refractivity contribution is 4.75. The Morgan fingerprint density at radius 1 is 1.36 bits per heavy atom. The Morgan fingerprint density at radius 2 is 1.93 bits per heavy atom. The summed E-state index contributed by atoms with van der Waals surface area (Å²) in [5.41, 5.74) is 0. The van der Waals surface area contributed by atoms with E-state index in [1.807, 2.05) is 0 Å². The summed E-state index contributed by atoms with van der Waals surface area (Å²) in [5, 5.41) is 0. The van der Waals surface area contributed by atoms with Gasteiger partial charge in [-0.1, -0.05) is 6.58 Å². The first-order chi connectivity index (χ1) is 6.51. The summed E-state index contributed by atoms with van der Waals surface area (Å²) in [5.74, 6) is 0. The van der Waals surface area contributed by atoms with Crippen LogP contribution in [0.5, 0.6) is 0 Å². The fourth-order valence-corrected chi connectivity index (χ4v) is 1.59. The van der Waals surface area contributed by atoms with Gasteiger partial charge in [0.05, 0.1) is 12.8 Å². The molecule has 0 aromatic rings. The Kier molecular flexibility index (Phi) is 3.80. The van der Waals surface area contributed by atoms with Crippen molar-refractivity contribution in [2.24, 2.45) is 0 Å². The highest BCUT2D eigenvalue weighted by Crippen LogP contribution is 2.20. The lowest BCUT2D eigenvalue weighted by molar-refractivity contribution is -0.150. The van der Waals surface area contributed by atoms with Crippen LogP contribution in [-0.4, -0.2) is 36.8 Å². The second kappa shape index (κ2) is 4.68. The summed E-state index contributed by atoms with van der Waals surface area (Å²) in [7, 11) is 0. The quantitative estimate of drug-likeness (QED) is 0.660. The van der Waals surface area contributed by atoms with E-state index in [1.165, 1.54) is 11.2 Å². The molecule has 0 aromatic carbocycles. The minimum atomic E-state index is -4.09. The van der Waals surface area contributed by atoms with E-state index in [-0.39, 0.29) is 6.10 Å². The van der Waals surface area contributed by atoms with E-state index in [0.717, 1.165) is 0 Å². The average molecular weight is 209 g/mol. The molecule has 0 N–H and O–H groups in total. The van der Waals surface area contributed by atoms with Crippen molar-refractivity contribution in [2.45, 2.75) is 25.1 Å². The van der Waals surface area contributed by atoms with E-state index in [4.69, 9.17) is 4.74 Å². The monoisotopic (exact) mass is 209 g/mol. The van der Waals surface area contributed by atoms with E-state index in [0.29, 0.717) is 25.9 Å². The minimum absolute atomic E-state index is 0.0389. The Morgan fingerprint density at radius 3 is 2.36 bits per heavy atom. The second-order valence-electron chi connectivity index (χ2n) is 3.39. The standard InChI is InChI=1S/C9H14F3NO/c1-2-14-8-3-5-13(6-4-8)7-9(10,11)12/h2,8H,1,3-7H2. The number of alkyl halides is 3. The van der Waals surface area contributed by atoms with Crippen molar-refractivity contribution in [1.29, 1.82) is 0 Å². The Balaban J connectivity index is 2.25. The molecule has 1 aliphatic heterocycles. The lowest BCUT2D eigenvalue weighted by Gasteiger charge is -2.31. The molecule has 1 aliphatic rings. The lowest BCUT2D eigenvalue weighted by Crippen LogP contribution is -2.41. The highest BCUT2D eigenvalue weighted by Gasteiger charge is 2.32. The summed E-state index contributed by atoms with van der Waals surface area (Å²) in [6, 6.07) is 0. The van der Waals surface area contributed by atoms with Gasteiger partial charge in [0.15, 0.2) is 0 Å². The molecule has 0 aromatic heterocycles. The van der Waals surface area contributed by atoms with Crippen molar-refractivity contribution in [3.8, 4) is 0 Å². The van der Waals surface area contributed by atoms with Gasteiger partial charge in [0.1, 0.15) is 6.10 Å². The molecule has 0 saturated carbocycles. The largest absolute Gasteiger partial charge is 0.499 e. The highest BCUT2D eigenvalue weighted by atomic mass is 19.4. The van der Waals surface area contributed by atoms with Gasteiger partial charge in [-0.3, -0.25) is 4.90 Å². The molecule has 0 bridgehead atoms. The molecule has 0 spiro atoms. The summed E-state index contributed by atoms with van der Waals surface area (Å²) >= 11 is 0. The van der Waals surface area contributed by atoms with E-state index >= 15 is 0 Å². The fourth-order valence-electron chi connectivity index (χ4n) is 1.59. The van der Waals surface area contributed by atoms with E-state index in [2.05, 4.69) is 6.58 Å². The van der Waals surface area contributed by atoms with Crippen molar-refractivity contribution >= 4 is 0 Å². The van der Waals surface area contributed by atoms with Gasteiger partial charge in [-0.25, -0.2) is 0 Å². The zero-order valence-corrected chi connectivity index (χ0v) is 7.89. The van der Waals surface area contributed by atoms with Crippen LogP contribution in [0.3, 0.4) is 0 Å². The van der Waals surface area contributed by atoms with Gasteiger partial charge in [-0.15, -0.1) is 0 Å². The maximum atomic E-state index is 12.0. The van der Waals surface area contributed by atoms with Crippen LogP contribution >= 0.6 is 0 Å². The molecule has 1 saturated heterocycles. The third kappa shape index (κ3) is 4.00. The number of hydrogen-bond acceptors (Lipinski definition) is 2. The summed E-state index contributed by atoms with van der Waals surface area (Å²) in [6.07, 6.45) is -1.42. The lowest BCUT2D eigenvalue weighted by atomic mass is 10.1. The second-order valence-corrected chi connectivity index (χ2v) is 3.39. The maximum Gasteiger partial charge on any atom is 0.401 e. The van der Waals surface area contributed by atoms with Gasteiger partial charge in [-0.2, -0.15) is 13.2 Å². The molecule has 0 amide bonds. The molecule has 1 heterocycles. The van der Waals surface area contributed by atoms with Gasteiger partial charge < -0.3 is 4.74 Å². The normalized spacial score (nSPS) is 20.8. The number of nitrogens with zero attached hydrogens (tertiary/aromatic N) is 1. The molecule has 0 unspecified atom stereocenters. The van der Waals surface area contributed by atoms with Crippen LogP contribution in [0, 0.1) is 0 Å². The first-order valence-corrected chi connectivity index (χ1v) is 4.57. The van der Waals surface area contributed by atoms with Gasteiger partial charge in [0.25, 0.3) is 0 Å². The summed E-state index contributed by atoms with van der Waals surface area (Å²) in [4.78, 5) is 1.41. The number of rotatable bonds is 3. The van der Waals surface area contributed by atoms with Gasteiger partial charge >= 0.3 is 6.18 Å². The Labute approximate surface area is 81.3 Å². The van der Waals surface area contributed by atoms with Crippen LogP contribution in [0.1, 0.15) is 12.8 Å². The predicted molar refractivity (Wildman–Crippen MR) is 46.8 cm³/mol. The third-order valence-electron chi connectivity index (χ3n) is 2.23. The summed E-state index contributed by atoms with van der Waals surface area (Å²) in [6.45, 7) is 3.49. The third-order valence-corrected chi connectivity index (χ3v) is 2.23. The molecule has 1 fully saturated rings. The first kappa shape index (κ1) is 11.4. The molecule has 82 valence electrons. The zero-order chi connectivity index (χ0) is 10.6. The maximum absolute atomic E-state index is 12.0. The molecular weight excluding hydrogens is 195 g/mol. The van der Waals surface area contributed by atoms with Crippen molar-refractivity contribution in [3.05, 3.63) is 12.8 Å². The van der Waals surface area contributed by atoms with Crippen LogP contribution in [0.2, 0.25) is 0 Å². The molecule has 0 aliphatic carbocycles. The van der Waals surface area contributed by atoms with Gasteiger partial charge in [0.2, 0.25) is 0 Å². The van der Waals surface area contributed by atoms with Crippen LogP contribution in [-0.2, 0) is 4.74 Å². The van der Waals surface area contributed by atoms with Crippen molar-refractivity contribution < 1.29 is 17.9 Å². The van der Waals surface area contributed by atoms with E-state index in [1.54, 1.807) is 0 Å². The van der Waals surface area contributed by atoms with Crippen molar-refractivity contribution in [1.82, 2.24) is 4.90 Å². The number of hydrogen-bond donors (Lipinski definition) is 0. The van der Waals surface area contributed by atoms with E-state index < -0.39 is 12.7 Å². The van der Waals surface area contributed by atoms with Gasteiger partial charge in [0, 0.05) is 13.1 Å². The Hall–Kier alpha value is -0.710. The summed E-state index contributed by atoms with van der Waals surface area (Å²) < 4.78 is 41.1. The molecule has 2 nitrogen and oxygen atoms in total. The molecule has 5 heteroatoms. The number of halogens is 3.